The van der Waals surface area contributed by atoms with Crippen molar-refractivity contribution in [1.29, 1.82) is 0 Å². The molecule has 2 aromatic rings. The van der Waals surface area contributed by atoms with E-state index in [0.717, 1.165) is 6.42 Å². The average Bonchev–Trinajstić information content (AvgIpc) is 3.11. The Morgan fingerprint density at radius 3 is 2.88 bits per heavy atom. The third-order valence-electron chi connectivity index (χ3n) is 4.43. The summed E-state index contributed by atoms with van der Waals surface area (Å²) in [5.74, 6) is 1.18. The number of likely N-dealkylation sites (N-methyl/N-ethyl adjacent to an activating group) is 1. The molecule has 1 aromatic carbocycles. The maximum absolute atomic E-state index is 12.9. The summed E-state index contributed by atoms with van der Waals surface area (Å²) in [6, 6.07) is 7.51. The predicted octanol–water partition coefficient (Wildman–Crippen LogP) is 1.31. The first-order chi connectivity index (χ1) is 12.5. The number of hydrogen-bond acceptors (Lipinski definition) is 6. The number of nitrogens with zero attached hydrogens (tertiary/aromatic N) is 4. The molecule has 0 aliphatic carbocycles. The third kappa shape index (κ3) is 4.66. The smallest absolute Gasteiger partial charge is 0.260 e. The first-order valence-electron chi connectivity index (χ1n) is 8.45. The standard InChI is InChI=1S/C18H22FN5O2/c1-23(11-17-21-8-6-16(20)22-17)14-7-9-24(10-14)18(25)12-26-15-4-2-13(19)3-5-15/h2-6,8,14H,7,9-12H2,1H3,(H2,20,21,22). The van der Waals surface area contributed by atoms with Crippen molar-refractivity contribution in [1.82, 2.24) is 19.8 Å². The van der Waals surface area contributed by atoms with Crippen molar-refractivity contribution in [3.63, 3.8) is 0 Å². The molecule has 0 radical (unpaired) electrons. The van der Waals surface area contributed by atoms with E-state index in [4.69, 9.17) is 10.5 Å². The zero-order valence-electron chi connectivity index (χ0n) is 14.6. The molecular weight excluding hydrogens is 337 g/mol. The summed E-state index contributed by atoms with van der Waals surface area (Å²) < 4.78 is 18.3. The molecule has 2 heterocycles. The Kier molecular flexibility index (Phi) is 5.62. The van der Waals surface area contributed by atoms with Crippen molar-refractivity contribution < 1.29 is 13.9 Å². The van der Waals surface area contributed by atoms with Crippen molar-refractivity contribution in [2.75, 3.05) is 32.5 Å². The van der Waals surface area contributed by atoms with Gasteiger partial charge in [-0.2, -0.15) is 0 Å². The Bertz CT molecular complexity index is 756. The lowest BCUT2D eigenvalue weighted by Crippen LogP contribution is -2.38. The Labute approximate surface area is 151 Å². The van der Waals surface area contributed by atoms with Crippen LogP contribution in [0.5, 0.6) is 5.75 Å². The summed E-state index contributed by atoms with van der Waals surface area (Å²) in [4.78, 5) is 24.7. The molecule has 2 N–H and O–H groups in total. The highest BCUT2D eigenvalue weighted by Gasteiger charge is 2.29. The molecule has 0 spiro atoms. The molecule has 138 valence electrons. The van der Waals surface area contributed by atoms with Gasteiger partial charge >= 0.3 is 0 Å². The number of nitrogen functional groups attached to an aromatic ring is 1. The number of carbonyl (C=O) groups excluding carboxylic acids is 1. The van der Waals surface area contributed by atoms with Gasteiger partial charge in [-0.15, -0.1) is 0 Å². The summed E-state index contributed by atoms with van der Waals surface area (Å²) >= 11 is 0. The number of amides is 1. The van der Waals surface area contributed by atoms with Crippen LogP contribution < -0.4 is 10.5 Å². The highest BCUT2D eigenvalue weighted by molar-refractivity contribution is 5.78. The largest absolute Gasteiger partial charge is 0.484 e. The third-order valence-corrected chi connectivity index (χ3v) is 4.43. The molecule has 1 aliphatic heterocycles. The number of carbonyl (C=O) groups is 1. The fourth-order valence-electron chi connectivity index (χ4n) is 2.94. The molecule has 3 rings (SSSR count). The maximum Gasteiger partial charge on any atom is 0.260 e. The molecule has 1 saturated heterocycles. The fourth-order valence-corrected chi connectivity index (χ4v) is 2.94. The van der Waals surface area contributed by atoms with Gasteiger partial charge in [0.05, 0.1) is 6.54 Å². The van der Waals surface area contributed by atoms with Crippen LogP contribution in [-0.2, 0) is 11.3 Å². The van der Waals surface area contributed by atoms with E-state index in [1.54, 1.807) is 17.2 Å². The van der Waals surface area contributed by atoms with Gasteiger partial charge in [-0.1, -0.05) is 0 Å². The Morgan fingerprint density at radius 2 is 2.15 bits per heavy atom. The first-order valence-corrected chi connectivity index (χ1v) is 8.45. The number of anilines is 1. The molecule has 0 saturated carbocycles. The van der Waals surface area contributed by atoms with E-state index in [1.807, 2.05) is 7.05 Å². The van der Waals surface area contributed by atoms with E-state index >= 15 is 0 Å². The normalized spacial score (nSPS) is 16.9. The molecule has 1 aromatic heterocycles. The van der Waals surface area contributed by atoms with Gasteiger partial charge in [0, 0.05) is 25.3 Å². The van der Waals surface area contributed by atoms with Crippen molar-refractivity contribution in [2.24, 2.45) is 0 Å². The molecule has 1 fully saturated rings. The molecule has 8 heteroatoms. The Hall–Kier alpha value is -2.74. The summed E-state index contributed by atoms with van der Waals surface area (Å²) in [5.41, 5.74) is 5.68. The fraction of sp³-hybridized carbons (Fsp3) is 0.389. The van der Waals surface area contributed by atoms with Crippen LogP contribution in [-0.4, -0.2) is 58.5 Å². The molecule has 1 aliphatic rings. The summed E-state index contributed by atoms with van der Waals surface area (Å²) in [6.07, 6.45) is 2.52. The van der Waals surface area contributed by atoms with Gasteiger partial charge in [-0.25, -0.2) is 14.4 Å². The second kappa shape index (κ2) is 8.09. The second-order valence-corrected chi connectivity index (χ2v) is 6.34. The monoisotopic (exact) mass is 359 g/mol. The van der Waals surface area contributed by atoms with Crippen LogP contribution in [0.15, 0.2) is 36.5 Å². The minimum atomic E-state index is -0.335. The molecule has 1 atom stereocenters. The van der Waals surface area contributed by atoms with E-state index < -0.39 is 0 Å². The van der Waals surface area contributed by atoms with E-state index in [9.17, 15) is 9.18 Å². The van der Waals surface area contributed by atoms with Crippen molar-refractivity contribution >= 4 is 11.7 Å². The Morgan fingerprint density at radius 1 is 1.38 bits per heavy atom. The van der Waals surface area contributed by atoms with Gasteiger partial charge in [0.1, 0.15) is 23.2 Å². The van der Waals surface area contributed by atoms with Gasteiger partial charge in [0.25, 0.3) is 5.91 Å². The molecule has 0 bridgehead atoms. The Balaban J connectivity index is 1.47. The zero-order valence-corrected chi connectivity index (χ0v) is 14.6. The van der Waals surface area contributed by atoms with E-state index in [1.165, 1.54) is 24.3 Å². The number of aromatic nitrogens is 2. The lowest BCUT2D eigenvalue weighted by Gasteiger charge is -2.24. The van der Waals surface area contributed by atoms with Gasteiger partial charge in [0.2, 0.25) is 0 Å². The van der Waals surface area contributed by atoms with Crippen molar-refractivity contribution in [2.45, 2.75) is 19.0 Å². The van der Waals surface area contributed by atoms with E-state index in [2.05, 4.69) is 14.9 Å². The first kappa shape index (κ1) is 18.1. The molecule has 26 heavy (non-hydrogen) atoms. The van der Waals surface area contributed by atoms with Gasteiger partial charge in [-0.3, -0.25) is 9.69 Å². The summed E-state index contributed by atoms with van der Waals surface area (Å²) in [6.45, 7) is 1.83. The topological polar surface area (TPSA) is 84.6 Å². The van der Waals surface area contributed by atoms with Crippen LogP contribution in [0.25, 0.3) is 0 Å². The van der Waals surface area contributed by atoms with Crippen LogP contribution in [0.1, 0.15) is 12.2 Å². The number of benzene rings is 1. The van der Waals surface area contributed by atoms with Crippen LogP contribution in [0.3, 0.4) is 0 Å². The predicted molar refractivity (Wildman–Crippen MR) is 94.8 cm³/mol. The lowest BCUT2D eigenvalue weighted by atomic mass is 10.2. The highest BCUT2D eigenvalue weighted by Crippen LogP contribution is 2.17. The molecule has 1 unspecified atom stereocenters. The number of likely N-dealkylation sites (tertiary alicyclic amines) is 1. The lowest BCUT2D eigenvalue weighted by molar-refractivity contribution is -0.132. The van der Waals surface area contributed by atoms with Crippen LogP contribution in [0.2, 0.25) is 0 Å². The van der Waals surface area contributed by atoms with Crippen LogP contribution in [0.4, 0.5) is 10.2 Å². The highest BCUT2D eigenvalue weighted by atomic mass is 19.1. The number of nitrogens with two attached hydrogens (primary N) is 1. The number of halogens is 1. The van der Waals surface area contributed by atoms with Crippen molar-refractivity contribution in [3.8, 4) is 5.75 Å². The number of rotatable bonds is 6. The second-order valence-electron chi connectivity index (χ2n) is 6.34. The maximum atomic E-state index is 12.9. The SMILES string of the molecule is CN(Cc1nccc(N)n1)C1CCN(C(=O)COc2ccc(F)cc2)C1. The summed E-state index contributed by atoms with van der Waals surface area (Å²) in [5, 5.41) is 0. The van der Waals surface area contributed by atoms with Crippen LogP contribution >= 0.6 is 0 Å². The van der Waals surface area contributed by atoms with Gasteiger partial charge in [-0.05, 0) is 43.8 Å². The van der Waals surface area contributed by atoms with Gasteiger partial charge < -0.3 is 15.4 Å². The molecule has 1 amide bonds. The minimum absolute atomic E-state index is 0.0552. The molecule has 7 nitrogen and oxygen atoms in total. The van der Waals surface area contributed by atoms with E-state index in [-0.39, 0.29) is 24.4 Å². The number of hydrogen-bond donors (Lipinski definition) is 1. The van der Waals surface area contributed by atoms with Gasteiger partial charge in [0.15, 0.2) is 6.61 Å². The average molecular weight is 359 g/mol. The summed E-state index contributed by atoms with van der Waals surface area (Å²) in [7, 11) is 1.99. The van der Waals surface area contributed by atoms with E-state index in [0.29, 0.717) is 37.0 Å². The van der Waals surface area contributed by atoms with Crippen LogP contribution in [0, 0.1) is 5.82 Å². The van der Waals surface area contributed by atoms with Crippen molar-refractivity contribution in [3.05, 3.63) is 48.2 Å². The quantitative estimate of drug-likeness (QED) is 0.837. The number of ether oxygens (including phenoxy) is 1. The zero-order chi connectivity index (χ0) is 18.5. The minimum Gasteiger partial charge on any atom is -0.484 e. The molecular formula is C18H22FN5O2.